The molecule has 18 heavy (non-hydrogen) atoms. The Balaban J connectivity index is 1.86. The number of nitrogens with zero attached hydrogens (tertiary/aromatic N) is 1. The topological polar surface area (TPSA) is 24.5 Å². The summed E-state index contributed by atoms with van der Waals surface area (Å²) in [6, 6.07) is 0. The van der Waals surface area contributed by atoms with Gasteiger partial charge in [-0.25, -0.2) is 0 Å². The Labute approximate surface area is 112 Å². The maximum Gasteiger partial charge on any atom is 0.0702 e. The van der Waals surface area contributed by atoms with Crippen LogP contribution < -0.4 is 5.32 Å². The average molecular weight is 254 g/mol. The molecule has 0 radical (unpaired) electrons. The molecule has 0 bridgehead atoms. The van der Waals surface area contributed by atoms with E-state index in [-0.39, 0.29) is 0 Å². The van der Waals surface area contributed by atoms with E-state index in [1.807, 2.05) is 0 Å². The minimum absolute atomic E-state index is 0.481. The minimum atomic E-state index is 0.481. The lowest BCUT2D eigenvalue weighted by molar-refractivity contribution is -0.0105. The van der Waals surface area contributed by atoms with Crippen molar-refractivity contribution < 1.29 is 4.74 Å². The molecule has 2 saturated heterocycles. The van der Waals surface area contributed by atoms with Crippen molar-refractivity contribution in [2.75, 3.05) is 39.3 Å². The van der Waals surface area contributed by atoms with E-state index in [0.717, 1.165) is 13.2 Å². The third-order valence-electron chi connectivity index (χ3n) is 4.73. The van der Waals surface area contributed by atoms with Crippen LogP contribution in [0.25, 0.3) is 0 Å². The van der Waals surface area contributed by atoms with Crippen LogP contribution in [0.5, 0.6) is 0 Å². The summed E-state index contributed by atoms with van der Waals surface area (Å²) >= 11 is 0. The molecule has 1 N–H and O–H groups in total. The summed E-state index contributed by atoms with van der Waals surface area (Å²) in [6.45, 7) is 11.4. The van der Waals surface area contributed by atoms with Crippen LogP contribution in [0.2, 0.25) is 0 Å². The highest BCUT2D eigenvalue weighted by Crippen LogP contribution is 2.32. The Morgan fingerprint density at radius 2 is 2.22 bits per heavy atom. The molecule has 2 aliphatic rings. The van der Waals surface area contributed by atoms with Crippen molar-refractivity contribution in [1.82, 2.24) is 10.2 Å². The number of nitrogens with one attached hydrogen (secondary N) is 1. The third-order valence-corrected chi connectivity index (χ3v) is 4.73. The molecule has 2 fully saturated rings. The zero-order valence-electron chi connectivity index (χ0n) is 12.2. The molecular weight excluding hydrogens is 224 g/mol. The number of piperidine rings is 2. The molecule has 2 atom stereocenters. The Kier molecular flexibility index (Phi) is 5.46. The van der Waals surface area contributed by atoms with Gasteiger partial charge in [0, 0.05) is 26.2 Å². The Morgan fingerprint density at radius 1 is 1.33 bits per heavy atom. The molecule has 3 nitrogen and oxygen atoms in total. The lowest BCUT2D eigenvalue weighted by Crippen LogP contribution is -2.50. The van der Waals surface area contributed by atoms with Gasteiger partial charge in [-0.2, -0.15) is 0 Å². The van der Waals surface area contributed by atoms with E-state index in [1.54, 1.807) is 0 Å². The average Bonchev–Trinajstić information content (AvgIpc) is 2.41. The van der Waals surface area contributed by atoms with Crippen molar-refractivity contribution in [3.63, 3.8) is 0 Å². The van der Waals surface area contributed by atoms with E-state index in [2.05, 4.69) is 24.1 Å². The molecule has 2 heterocycles. The van der Waals surface area contributed by atoms with Crippen molar-refractivity contribution >= 4 is 0 Å². The van der Waals surface area contributed by atoms with Crippen LogP contribution in [0.1, 0.15) is 46.0 Å². The van der Waals surface area contributed by atoms with Gasteiger partial charge < -0.3 is 15.0 Å². The van der Waals surface area contributed by atoms with Gasteiger partial charge in [-0.3, -0.25) is 0 Å². The van der Waals surface area contributed by atoms with Gasteiger partial charge in [-0.05, 0) is 57.5 Å². The van der Waals surface area contributed by atoms with Gasteiger partial charge in [0.1, 0.15) is 0 Å². The smallest absolute Gasteiger partial charge is 0.0702 e. The fraction of sp³-hybridized carbons (Fsp3) is 1.00. The molecule has 0 saturated carbocycles. The third kappa shape index (κ3) is 3.69. The normalized spacial score (nSPS) is 34.7. The summed E-state index contributed by atoms with van der Waals surface area (Å²) in [5.74, 6) is 0. The molecule has 0 aromatic rings. The number of ether oxygens (including phenoxy) is 1. The van der Waals surface area contributed by atoms with E-state index in [9.17, 15) is 0 Å². The predicted molar refractivity (Wildman–Crippen MR) is 75.9 cm³/mol. The molecule has 2 unspecified atom stereocenters. The van der Waals surface area contributed by atoms with Gasteiger partial charge in [0.05, 0.1) is 6.10 Å². The van der Waals surface area contributed by atoms with E-state index >= 15 is 0 Å². The second-order valence-corrected chi connectivity index (χ2v) is 6.09. The predicted octanol–water partition coefficient (Wildman–Crippen LogP) is 2.27. The minimum Gasteiger partial charge on any atom is -0.377 e. The van der Waals surface area contributed by atoms with Gasteiger partial charge >= 0.3 is 0 Å². The number of likely N-dealkylation sites (tertiary alicyclic amines) is 1. The van der Waals surface area contributed by atoms with Gasteiger partial charge in [0.25, 0.3) is 0 Å². The Bertz CT molecular complexity index is 237. The molecule has 0 aromatic heterocycles. The summed E-state index contributed by atoms with van der Waals surface area (Å²) in [5.41, 5.74) is 0.520. The van der Waals surface area contributed by atoms with Crippen molar-refractivity contribution in [3.8, 4) is 0 Å². The molecule has 0 amide bonds. The van der Waals surface area contributed by atoms with Gasteiger partial charge in [0.15, 0.2) is 0 Å². The molecular formula is C15H30N2O. The molecule has 0 spiro atoms. The van der Waals surface area contributed by atoms with Crippen LogP contribution in [0, 0.1) is 5.41 Å². The lowest BCUT2D eigenvalue weighted by Gasteiger charge is -2.43. The van der Waals surface area contributed by atoms with Crippen LogP contribution in [-0.4, -0.2) is 50.3 Å². The van der Waals surface area contributed by atoms with E-state index in [4.69, 9.17) is 4.74 Å². The fourth-order valence-corrected chi connectivity index (χ4v) is 3.58. The SMILES string of the molecule is CCOC1CCCN(CC2(CC)CCCNC2)C1. The van der Waals surface area contributed by atoms with Gasteiger partial charge in [-0.15, -0.1) is 0 Å². The van der Waals surface area contributed by atoms with Crippen LogP contribution in [0.4, 0.5) is 0 Å². The molecule has 0 aliphatic carbocycles. The number of hydrogen-bond acceptors (Lipinski definition) is 3. The lowest BCUT2D eigenvalue weighted by atomic mass is 9.77. The molecule has 2 aliphatic heterocycles. The van der Waals surface area contributed by atoms with Crippen molar-refractivity contribution in [2.45, 2.75) is 52.1 Å². The summed E-state index contributed by atoms with van der Waals surface area (Å²) in [4.78, 5) is 2.65. The van der Waals surface area contributed by atoms with Crippen molar-refractivity contribution in [3.05, 3.63) is 0 Å². The second-order valence-electron chi connectivity index (χ2n) is 6.09. The summed E-state index contributed by atoms with van der Waals surface area (Å²) in [7, 11) is 0. The number of rotatable bonds is 5. The quantitative estimate of drug-likeness (QED) is 0.814. The largest absolute Gasteiger partial charge is 0.377 e. The molecule has 3 heteroatoms. The highest BCUT2D eigenvalue weighted by Gasteiger charge is 2.33. The highest BCUT2D eigenvalue weighted by molar-refractivity contribution is 4.88. The van der Waals surface area contributed by atoms with Crippen LogP contribution >= 0.6 is 0 Å². The maximum atomic E-state index is 5.81. The van der Waals surface area contributed by atoms with Crippen molar-refractivity contribution in [2.24, 2.45) is 5.41 Å². The fourth-order valence-electron chi connectivity index (χ4n) is 3.58. The standard InChI is InChI=1S/C15H30N2O/c1-3-15(8-6-9-16-12-15)13-17-10-5-7-14(11-17)18-4-2/h14,16H,3-13H2,1-2H3. The first-order valence-electron chi connectivity index (χ1n) is 7.83. The van der Waals surface area contributed by atoms with Crippen LogP contribution in [0.15, 0.2) is 0 Å². The zero-order chi connectivity index (χ0) is 12.8. The Morgan fingerprint density at radius 3 is 2.89 bits per heavy atom. The first kappa shape index (κ1) is 14.3. The van der Waals surface area contributed by atoms with Crippen molar-refractivity contribution in [1.29, 1.82) is 0 Å². The zero-order valence-corrected chi connectivity index (χ0v) is 12.2. The summed E-state index contributed by atoms with van der Waals surface area (Å²) in [5, 5.41) is 3.59. The van der Waals surface area contributed by atoms with Crippen LogP contribution in [-0.2, 0) is 4.74 Å². The summed E-state index contributed by atoms with van der Waals surface area (Å²) in [6.07, 6.45) is 7.08. The van der Waals surface area contributed by atoms with E-state index < -0.39 is 0 Å². The number of hydrogen-bond donors (Lipinski definition) is 1. The van der Waals surface area contributed by atoms with Gasteiger partial charge in [-0.1, -0.05) is 6.92 Å². The van der Waals surface area contributed by atoms with Crippen LogP contribution in [0.3, 0.4) is 0 Å². The van der Waals surface area contributed by atoms with E-state index in [0.29, 0.717) is 11.5 Å². The Hall–Kier alpha value is -0.120. The first-order chi connectivity index (χ1) is 8.78. The molecule has 106 valence electrons. The van der Waals surface area contributed by atoms with Gasteiger partial charge in [0.2, 0.25) is 0 Å². The van der Waals surface area contributed by atoms with E-state index in [1.165, 1.54) is 58.3 Å². The molecule has 0 aromatic carbocycles. The maximum absolute atomic E-state index is 5.81. The summed E-state index contributed by atoms with van der Waals surface area (Å²) < 4.78 is 5.81. The monoisotopic (exact) mass is 254 g/mol. The highest BCUT2D eigenvalue weighted by atomic mass is 16.5. The molecule has 2 rings (SSSR count). The second kappa shape index (κ2) is 6.88. The first-order valence-corrected chi connectivity index (χ1v) is 7.83.